The van der Waals surface area contributed by atoms with Crippen molar-refractivity contribution in [2.75, 3.05) is 5.73 Å². The van der Waals surface area contributed by atoms with Crippen molar-refractivity contribution >= 4 is 43.5 Å². The standard InChI is InChI=1S/C9H10Br2N2O2/c10-5-1-4(2-6(11)8(5)13)3-7(12)9(14)15/h1-2,7H,3,12-13H2,(H,14,15)/t7-/m1/s1. The molecule has 0 radical (unpaired) electrons. The third-order valence-corrected chi connectivity index (χ3v) is 3.22. The summed E-state index contributed by atoms with van der Waals surface area (Å²) >= 11 is 6.56. The molecule has 0 amide bonds. The third kappa shape index (κ3) is 3.19. The Morgan fingerprint density at radius 2 is 1.87 bits per heavy atom. The highest BCUT2D eigenvalue weighted by Gasteiger charge is 2.13. The van der Waals surface area contributed by atoms with Gasteiger partial charge in [-0.2, -0.15) is 0 Å². The minimum Gasteiger partial charge on any atom is -0.480 e. The van der Waals surface area contributed by atoms with Crippen LogP contribution in [0.2, 0.25) is 0 Å². The minimum atomic E-state index is -1.01. The molecule has 0 aliphatic rings. The summed E-state index contributed by atoms with van der Waals surface area (Å²) in [5, 5.41) is 8.66. The fraction of sp³-hybridized carbons (Fsp3) is 0.222. The van der Waals surface area contributed by atoms with Gasteiger partial charge in [0.25, 0.3) is 0 Å². The molecule has 0 spiro atoms. The second-order valence-electron chi connectivity index (χ2n) is 3.12. The van der Waals surface area contributed by atoms with E-state index in [9.17, 15) is 4.79 Å². The SMILES string of the molecule is Nc1c(Br)cc(C[C@@H](N)C(=O)O)cc1Br. The zero-order valence-electron chi connectivity index (χ0n) is 7.71. The quantitative estimate of drug-likeness (QED) is 0.733. The van der Waals surface area contributed by atoms with Gasteiger partial charge in [0.15, 0.2) is 0 Å². The van der Waals surface area contributed by atoms with Crippen LogP contribution in [0.15, 0.2) is 21.1 Å². The van der Waals surface area contributed by atoms with Crippen LogP contribution in [0.3, 0.4) is 0 Å². The second kappa shape index (κ2) is 4.96. The first-order valence-corrected chi connectivity index (χ1v) is 5.72. The molecule has 82 valence electrons. The molecule has 1 aromatic rings. The number of rotatable bonds is 3. The molecular formula is C9H10Br2N2O2. The third-order valence-electron chi connectivity index (χ3n) is 1.91. The van der Waals surface area contributed by atoms with Gasteiger partial charge in [0, 0.05) is 8.95 Å². The number of aliphatic carboxylic acids is 1. The molecule has 0 heterocycles. The molecule has 0 aliphatic heterocycles. The van der Waals surface area contributed by atoms with Crippen molar-refractivity contribution in [2.45, 2.75) is 12.5 Å². The van der Waals surface area contributed by atoms with Crippen LogP contribution >= 0.6 is 31.9 Å². The van der Waals surface area contributed by atoms with E-state index in [0.717, 1.165) is 14.5 Å². The summed E-state index contributed by atoms with van der Waals surface area (Å²) in [6, 6.07) is 2.64. The topological polar surface area (TPSA) is 89.3 Å². The van der Waals surface area contributed by atoms with E-state index in [1.165, 1.54) is 0 Å². The number of halogens is 2. The van der Waals surface area contributed by atoms with Crippen molar-refractivity contribution in [1.82, 2.24) is 0 Å². The number of hydrogen-bond donors (Lipinski definition) is 3. The van der Waals surface area contributed by atoms with Crippen LogP contribution in [0.4, 0.5) is 5.69 Å². The monoisotopic (exact) mass is 336 g/mol. The fourth-order valence-electron chi connectivity index (χ4n) is 1.10. The fourth-order valence-corrected chi connectivity index (χ4v) is 2.38. The Labute approximate surface area is 104 Å². The Morgan fingerprint density at radius 3 is 2.27 bits per heavy atom. The Balaban J connectivity index is 2.92. The molecule has 1 atom stereocenters. The van der Waals surface area contributed by atoms with Gasteiger partial charge in [0.2, 0.25) is 0 Å². The van der Waals surface area contributed by atoms with Crippen molar-refractivity contribution < 1.29 is 9.90 Å². The van der Waals surface area contributed by atoms with Crippen LogP contribution in [-0.2, 0) is 11.2 Å². The molecule has 0 fully saturated rings. The molecule has 0 unspecified atom stereocenters. The van der Waals surface area contributed by atoms with E-state index < -0.39 is 12.0 Å². The molecular weight excluding hydrogens is 328 g/mol. The van der Waals surface area contributed by atoms with Gasteiger partial charge in [-0.25, -0.2) is 0 Å². The van der Waals surface area contributed by atoms with Crippen LogP contribution < -0.4 is 11.5 Å². The van der Waals surface area contributed by atoms with Gasteiger partial charge in [-0.3, -0.25) is 4.79 Å². The number of nitrogen functional groups attached to an aromatic ring is 1. The van der Waals surface area contributed by atoms with Gasteiger partial charge in [0.05, 0.1) is 5.69 Å². The Morgan fingerprint density at radius 1 is 1.40 bits per heavy atom. The minimum absolute atomic E-state index is 0.271. The summed E-state index contributed by atoms with van der Waals surface area (Å²) in [6.45, 7) is 0. The summed E-state index contributed by atoms with van der Waals surface area (Å²) in [4.78, 5) is 10.6. The molecule has 15 heavy (non-hydrogen) atoms. The Bertz CT molecular complexity index is 373. The number of carboxylic acid groups (broad SMARTS) is 1. The van der Waals surface area contributed by atoms with E-state index in [1.807, 2.05) is 0 Å². The molecule has 0 bridgehead atoms. The Hall–Kier alpha value is -0.590. The van der Waals surface area contributed by atoms with Crippen LogP contribution in [0.1, 0.15) is 5.56 Å². The summed E-state index contributed by atoms with van der Waals surface area (Å²) in [5.41, 5.74) is 12.5. The number of benzene rings is 1. The lowest BCUT2D eigenvalue weighted by Crippen LogP contribution is -2.32. The maximum absolute atomic E-state index is 10.6. The first-order chi connectivity index (χ1) is 6.91. The van der Waals surface area contributed by atoms with Crippen molar-refractivity contribution in [1.29, 1.82) is 0 Å². The molecule has 5 N–H and O–H groups in total. The van der Waals surface area contributed by atoms with Gasteiger partial charge in [-0.05, 0) is 56.0 Å². The lowest BCUT2D eigenvalue weighted by atomic mass is 10.1. The molecule has 0 aliphatic carbocycles. The van der Waals surface area contributed by atoms with Crippen molar-refractivity contribution in [3.8, 4) is 0 Å². The van der Waals surface area contributed by atoms with Crippen molar-refractivity contribution in [3.63, 3.8) is 0 Å². The lowest BCUT2D eigenvalue weighted by Gasteiger charge is -2.09. The lowest BCUT2D eigenvalue weighted by molar-refractivity contribution is -0.138. The first kappa shape index (κ1) is 12.5. The first-order valence-electron chi connectivity index (χ1n) is 4.13. The molecule has 1 rings (SSSR count). The normalized spacial score (nSPS) is 12.5. The molecule has 0 saturated heterocycles. The summed E-state index contributed by atoms with van der Waals surface area (Å²) in [7, 11) is 0. The van der Waals surface area contributed by atoms with Crippen LogP contribution in [0.5, 0.6) is 0 Å². The summed E-state index contributed by atoms with van der Waals surface area (Å²) in [5.74, 6) is -1.01. The molecule has 6 heteroatoms. The Kier molecular flexibility index (Phi) is 4.12. The highest BCUT2D eigenvalue weighted by molar-refractivity contribution is 9.11. The van der Waals surface area contributed by atoms with E-state index in [2.05, 4.69) is 31.9 Å². The predicted molar refractivity (Wildman–Crippen MR) is 65.6 cm³/mol. The van der Waals surface area contributed by atoms with Crippen LogP contribution in [0.25, 0.3) is 0 Å². The molecule has 1 aromatic carbocycles. The average Bonchev–Trinajstić information content (AvgIpc) is 2.13. The van der Waals surface area contributed by atoms with E-state index in [4.69, 9.17) is 16.6 Å². The zero-order valence-corrected chi connectivity index (χ0v) is 10.9. The maximum Gasteiger partial charge on any atom is 0.320 e. The average molecular weight is 338 g/mol. The zero-order chi connectivity index (χ0) is 11.6. The van der Waals surface area contributed by atoms with Gasteiger partial charge in [-0.1, -0.05) is 0 Å². The number of hydrogen-bond acceptors (Lipinski definition) is 3. The maximum atomic E-state index is 10.6. The van der Waals surface area contributed by atoms with Gasteiger partial charge in [0.1, 0.15) is 6.04 Å². The van der Waals surface area contributed by atoms with Crippen LogP contribution in [-0.4, -0.2) is 17.1 Å². The number of nitrogens with two attached hydrogens (primary N) is 2. The van der Waals surface area contributed by atoms with E-state index in [0.29, 0.717) is 5.69 Å². The van der Waals surface area contributed by atoms with Crippen molar-refractivity contribution in [2.24, 2.45) is 5.73 Å². The molecule has 0 aromatic heterocycles. The largest absolute Gasteiger partial charge is 0.480 e. The molecule has 4 nitrogen and oxygen atoms in total. The highest BCUT2D eigenvalue weighted by atomic mass is 79.9. The number of carbonyl (C=O) groups is 1. The van der Waals surface area contributed by atoms with Crippen LogP contribution in [0, 0.1) is 0 Å². The van der Waals surface area contributed by atoms with Crippen molar-refractivity contribution in [3.05, 3.63) is 26.6 Å². The molecule has 0 saturated carbocycles. The smallest absolute Gasteiger partial charge is 0.320 e. The summed E-state index contributed by atoms with van der Waals surface area (Å²) in [6.07, 6.45) is 0.271. The van der Waals surface area contributed by atoms with E-state index in [-0.39, 0.29) is 6.42 Å². The second-order valence-corrected chi connectivity index (χ2v) is 4.83. The van der Waals surface area contributed by atoms with Gasteiger partial charge < -0.3 is 16.6 Å². The van der Waals surface area contributed by atoms with E-state index in [1.54, 1.807) is 12.1 Å². The predicted octanol–water partition coefficient (Wildman–Crippen LogP) is 1.75. The van der Waals surface area contributed by atoms with Gasteiger partial charge in [-0.15, -0.1) is 0 Å². The van der Waals surface area contributed by atoms with E-state index >= 15 is 0 Å². The number of anilines is 1. The summed E-state index contributed by atoms with van der Waals surface area (Å²) < 4.78 is 1.45. The highest BCUT2D eigenvalue weighted by Crippen LogP contribution is 2.29. The number of carboxylic acids is 1. The van der Waals surface area contributed by atoms with Gasteiger partial charge >= 0.3 is 5.97 Å².